The van der Waals surface area contributed by atoms with Crippen LogP contribution in [0.4, 0.5) is 5.69 Å². The van der Waals surface area contributed by atoms with E-state index in [0.29, 0.717) is 12.8 Å². The lowest BCUT2D eigenvalue weighted by Gasteiger charge is -2.16. The molecule has 7 heteroatoms. The molecule has 1 unspecified atom stereocenters. The van der Waals surface area contributed by atoms with Gasteiger partial charge in [-0.05, 0) is 18.4 Å². The van der Waals surface area contributed by atoms with Crippen LogP contribution in [0.25, 0.3) is 10.4 Å². The van der Waals surface area contributed by atoms with E-state index in [2.05, 4.69) is 15.1 Å². The number of hydrogen-bond donors (Lipinski definition) is 0. The third-order valence-corrected chi connectivity index (χ3v) is 2.86. The van der Waals surface area contributed by atoms with Gasteiger partial charge in [-0.2, -0.15) is 5.10 Å². The number of anilines is 1. The van der Waals surface area contributed by atoms with Crippen LogP contribution in [0.1, 0.15) is 12.1 Å². The highest BCUT2D eigenvalue weighted by molar-refractivity contribution is 5.97. The highest BCUT2D eigenvalue weighted by Gasteiger charge is 2.29. The first-order chi connectivity index (χ1) is 7.65. The molecule has 1 atom stereocenters. The number of nitrogens with zero attached hydrogens (tertiary/aromatic N) is 6. The molecule has 0 saturated carbocycles. The fourth-order valence-corrected chi connectivity index (χ4v) is 1.93. The molecule has 2 rings (SSSR count). The van der Waals surface area contributed by atoms with Crippen molar-refractivity contribution >= 4 is 11.6 Å². The van der Waals surface area contributed by atoms with E-state index < -0.39 is 6.04 Å². The zero-order valence-corrected chi connectivity index (χ0v) is 9.16. The molecule has 0 fully saturated rings. The Labute approximate surface area is 92.3 Å². The van der Waals surface area contributed by atoms with Crippen LogP contribution in [0.3, 0.4) is 0 Å². The minimum Gasteiger partial charge on any atom is -0.312 e. The second-order valence-corrected chi connectivity index (χ2v) is 3.76. The Kier molecular flexibility index (Phi) is 2.54. The van der Waals surface area contributed by atoms with Crippen LogP contribution in [0.15, 0.2) is 11.3 Å². The SMILES string of the molecule is CN1C(=O)C(N=[N+]=[N-])CCc2c1cnn2C. The number of azide groups is 1. The fourth-order valence-electron chi connectivity index (χ4n) is 1.93. The van der Waals surface area contributed by atoms with Crippen LogP contribution < -0.4 is 4.90 Å². The van der Waals surface area contributed by atoms with E-state index >= 15 is 0 Å². The second-order valence-electron chi connectivity index (χ2n) is 3.76. The molecule has 0 aromatic carbocycles. The fraction of sp³-hybridized carbons (Fsp3) is 0.556. The molecule has 1 amide bonds. The number of rotatable bonds is 1. The van der Waals surface area contributed by atoms with E-state index in [9.17, 15) is 4.79 Å². The van der Waals surface area contributed by atoms with E-state index in [1.54, 1.807) is 17.9 Å². The summed E-state index contributed by atoms with van der Waals surface area (Å²) in [5, 5.41) is 7.64. The molecule has 1 aliphatic rings. The normalized spacial score (nSPS) is 20.0. The van der Waals surface area contributed by atoms with Gasteiger partial charge in [0.25, 0.3) is 0 Å². The van der Waals surface area contributed by atoms with Crippen molar-refractivity contribution in [2.75, 3.05) is 11.9 Å². The van der Waals surface area contributed by atoms with Gasteiger partial charge in [-0.1, -0.05) is 5.11 Å². The van der Waals surface area contributed by atoms with Crippen molar-refractivity contribution in [2.45, 2.75) is 18.9 Å². The summed E-state index contributed by atoms with van der Waals surface area (Å²) in [4.78, 5) is 16.2. The average molecular weight is 220 g/mol. The lowest BCUT2D eigenvalue weighted by molar-refractivity contribution is -0.119. The molecule has 0 bridgehead atoms. The van der Waals surface area contributed by atoms with Crippen molar-refractivity contribution in [3.05, 3.63) is 22.3 Å². The highest BCUT2D eigenvalue weighted by Crippen LogP contribution is 2.26. The highest BCUT2D eigenvalue weighted by atomic mass is 16.2. The molecule has 2 heterocycles. The van der Waals surface area contributed by atoms with Crippen molar-refractivity contribution in [2.24, 2.45) is 12.2 Å². The van der Waals surface area contributed by atoms with Gasteiger partial charge in [-0.25, -0.2) is 0 Å². The smallest absolute Gasteiger partial charge is 0.235 e. The van der Waals surface area contributed by atoms with E-state index in [-0.39, 0.29) is 5.91 Å². The number of amides is 1. The summed E-state index contributed by atoms with van der Waals surface area (Å²) < 4.78 is 1.75. The van der Waals surface area contributed by atoms with Gasteiger partial charge in [-0.3, -0.25) is 9.48 Å². The summed E-state index contributed by atoms with van der Waals surface area (Å²) in [5.74, 6) is -0.176. The zero-order chi connectivity index (χ0) is 11.7. The Morgan fingerprint density at radius 3 is 3.06 bits per heavy atom. The molecule has 0 N–H and O–H groups in total. The van der Waals surface area contributed by atoms with Gasteiger partial charge in [0.1, 0.15) is 6.04 Å². The number of aromatic nitrogens is 2. The van der Waals surface area contributed by atoms with E-state index in [0.717, 1.165) is 11.4 Å². The molecule has 0 aliphatic carbocycles. The zero-order valence-electron chi connectivity index (χ0n) is 9.16. The number of hydrogen-bond acceptors (Lipinski definition) is 3. The monoisotopic (exact) mass is 220 g/mol. The van der Waals surface area contributed by atoms with Crippen molar-refractivity contribution in [1.82, 2.24) is 9.78 Å². The Morgan fingerprint density at radius 1 is 1.62 bits per heavy atom. The third-order valence-electron chi connectivity index (χ3n) is 2.86. The first-order valence-corrected chi connectivity index (χ1v) is 4.97. The van der Waals surface area contributed by atoms with Crippen LogP contribution in [0.5, 0.6) is 0 Å². The van der Waals surface area contributed by atoms with Crippen molar-refractivity contribution in [3.63, 3.8) is 0 Å². The van der Waals surface area contributed by atoms with Crippen molar-refractivity contribution in [3.8, 4) is 0 Å². The first kappa shape index (κ1) is 10.5. The molecule has 7 nitrogen and oxygen atoms in total. The molecule has 1 aromatic rings. The predicted molar refractivity (Wildman–Crippen MR) is 57.9 cm³/mol. The van der Waals surface area contributed by atoms with E-state index in [1.807, 2.05) is 7.05 Å². The number of fused-ring (bicyclic) bond motifs is 1. The minimum atomic E-state index is -0.609. The number of carbonyl (C=O) groups excluding carboxylic acids is 1. The largest absolute Gasteiger partial charge is 0.312 e. The summed E-state index contributed by atoms with van der Waals surface area (Å²) in [6, 6.07) is -0.609. The van der Waals surface area contributed by atoms with Crippen molar-refractivity contribution < 1.29 is 4.79 Å². The Hall–Kier alpha value is -2.01. The third kappa shape index (κ3) is 1.51. The minimum absolute atomic E-state index is 0.176. The maximum Gasteiger partial charge on any atom is 0.235 e. The first-order valence-electron chi connectivity index (χ1n) is 4.97. The van der Waals surface area contributed by atoms with Crippen LogP contribution in [0, 0.1) is 0 Å². The van der Waals surface area contributed by atoms with Crippen molar-refractivity contribution in [1.29, 1.82) is 0 Å². The predicted octanol–water partition coefficient (Wildman–Crippen LogP) is 1.01. The Bertz CT molecular complexity index is 472. The van der Waals surface area contributed by atoms with E-state index in [4.69, 9.17) is 5.53 Å². The summed E-state index contributed by atoms with van der Waals surface area (Å²) in [6.45, 7) is 0. The molecule has 84 valence electrons. The molecule has 0 saturated heterocycles. The molecule has 0 radical (unpaired) electrons. The van der Waals surface area contributed by atoms with Gasteiger partial charge in [0.2, 0.25) is 5.91 Å². The van der Waals surface area contributed by atoms with Gasteiger partial charge >= 0.3 is 0 Å². The van der Waals surface area contributed by atoms with Gasteiger partial charge in [0.15, 0.2) is 0 Å². The van der Waals surface area contributed by atoms with Gasteiger partial charge in [-0.15, -0.1) is 0 Å². The standard InChI is InChI=1S/C9H12N6O/c1-14-8-5-11-15(2)7(8)4-3-6(9(14)16)12-13-10/h5-6H,3-4H2,1-2H3. The maximum atomic E-state index is 11.9. The van der Waals surface area contributed by atoms with Crippen LogP contribution in [0.2, 0.25) is 0 Å². The summed E-state index contributed by atoms with van der Waals surface area (Å²) in [7, 11) is 3.51. The van der Waals surface area contributed by atoms with Crippen LogP contribution >= 0.6 is 0 Å². The lowest BCUT2D eigenvalue weighted by Crippen LogP contribution is -2.33. The topological polar surface area (TPSA) is 86.9 Å². The molecule has 1 aliphatic heterocycles. The molecule has 0 spiro atoms. The number of likely N-dealkylation sites (N-methyl/N-ethyl adjacent to an activating group) is 1. The quantitative estimate of drug-likeness (QED) is 0.401. The molecular formula is C9H12N6O. The number of aryl methyl sites for hydroxylation is 1. The lowest BCUT2D eigenvalue weighted by atomic mass is 10.1. The average Bonchev–Trinajstić information content (AvgIpc) is 2.59. The Balaban J connectivity index is 2.41. The molecule has 1 aromatic heterocycles. The Morgan fingerprint density at radius 2 is 2.38 bits per heavy atom. The summed E-state index contributed by atoms with van der Waals surface area (Å²) >= 11 is 0. The van der Waals surface area contributed by atoms with Gasteiger partial charge in [0, 0.05) is 19.0 Å². The number of carbonyl (C=O) groups is 1. The molecular weight excluding hydrogens is 208 g/mol. The van der Waals surface area contributed by atoms with Gasteiger partial charge < -0.3 is 4.90 Å². The van der Waals surface area contributed by atoms with Crippen LogP contribution in [-0.2, 0) is 18.3 Å². The van der Waals surface area contributed by atoms with E-state index in [1.165, 1.54) is 4.90 Å². The summed E-state index contributed by atoms with van der Waals surface area (Å²) in [6.07, 6.45) is 2.87. The summed E-state index contributed by atoms with van der Waals surface area (Å²) in [5.41, 5.74) is 10.2. The second kappa shape index (κ2) is 3.86. The molecule has 16 heavy (non-hydrogen) atoms. The van der Waals surface area contributed by atoms with Gasteiger partial charge in [0.05, 0.1) is 17.6 Å². The maximum absolute atomic E-state index is 11.9. The van der Waals surface area contributed by atoms with Crippen LogP contribution in [-0.4, -0.2) is 28.8 Å².